The number of anilines is 1. The van der Waals surface area contributed by atoms with E-state index in [-0.39, 0.29) is 5.91 Å². The summed E-state index contributed by atoms with van der Waals surface area (Å²) in [5.41, 5.74) is 0.623. The zero-order valence-corrected chi connectivity index (χ0v) is 10.7. The minimum Gasteiger partial charge on any atom is -0.497 e. The van der Waals surface area contributed by atoms with Crippen LogP contribution in [0.15, 0.2) is 18.2 Å². The molecule has 0 fully saturated rings. The molecule has 0 spiro atoms. The molecule has 4 nitrogen and oxygen atoms in total. The third-order valence-electron chi connectivity index (χ3n) is 2.19. The van der Waals surface area contributed by atoms with E-state index < -0.39 is 0 Å². The first kappa shape index (κ1) is 13.4. The lowest BCUT2D eigenvalue weighted by Crippen LogP contribution is -2.13. The van der Waals surface area contributed by atoms with Crippen LogP contribution < -0.4 is 14.8 Å². The average Bonchev–Trinajstić information content (AvgIpc) is 2.27. The Morgan fingerprint density at radius 3 is 2.47 bits per heavy atom. The molecule has 0 saturated carbocycles. The SMILES string of the molecule is COc1ccc(OC)c(NC(=O)C[C](C)C)c1. The third kappa shape index (κ3) is 3.98. The highest BCUT2D eigenvalue weighted by Crippen LogP contribution is 2.29. The maximum atomic E-state index is 11.7. The molecule has 93 valence electrons. The molecule has 0 atom stereocenters. The van der Waals surface area contributed by atoms with Crippen molar-refractivity contribution in [3.05, 3.63) is 24.1 Å². The lowest BCUT2D eigenvalue weighted by molar-refractivity contribution is -0.115. The van der Waals surface area contributed by atoms with Crippen LogP contribution in [0.2, 0.25) is 0 Å². The number of rotatable bonds is 5. The van der Waals surface area contributed by atoms with Crippen molar-refractivity contribution in [2.75, 3.05) is 19.5 Å². The molecule has 0 saturated heterocycles. The molecule has 0 unspecified atom stereocenters. The number of nitrogens with one attached hydrogen (secondary N) is 1. The number of amides is 1. The van der Waals surface area contributed by atoms with E-state index >= 15 is 0 Å². The van der Waals surface area contributed by atoms with Crippen LogP contribution >= 0.6 is 0 Å². The Hall–Kier alpha value is -1.71. The number of benzene rings is 1. The van der Waals surface area contributed by atoms with Crippen LogP contribution in [-0.4, -0.2) is 20.1 Å². The van der Waals surface area contributed by atoms with Crippen molar-refractivity contribution in [3.8, 4) is 11.5 Å². The van der Waals surface area contributed by atoms with Crippen LogP contribution in [0.5, 0.6) is 11.5 Å². The quantitative estimate of drug-likeness (QED) is 0.855. The molecule has 0 aliphatic heterocycles. The highest BCUT2D eigenvalue weighted by Gasteiger charge is 2.10. The average molecular weight is 236 g/mol. The van der Waals surface area contributed by atoms with Gasteiger partial charge in [0.05, 0.1) is 19.9 Å². The van der Waals surface area contributed by atoms with Gasteiger partial charge in [-0.1, -0.05) is 13.8 Å². The summed E-state index contributed by atoms with van der Waals surface area (Å²) in [6.07, 6.45) is 0.403. The Kier molecular flexibility index (Phi) is 4.82. The lowest BCUT2D eigenvalue weighted by Gasteiger charge is -2.12. The van der Waals surface area contributed by atoms with E-state index in [1.54, 1.807) is 32.4 Å². The normalized spacial score (nSPS) is 10.2. The minimum atomic E-state index is -0.0587. The summed E-state index contributed by atoms with van der Waals surface area (Å²) in [5.74, 6) is 2.30. The van der Waals surface area contributed by atoms with Gasteiger partial charge in [-0.3, -0.25) is 4.79 Å². The predicted molar refractivity (Wildman–Crippen MR) is 67.4 cm³/mol. The second-order valence-electron chi connectivity index (χ2n) is 4.00. The smallest absolute Gasteiger partial charge is 0.225 e. The number of hydrogen-bond donors (Lipinski definition) is 1. The van der Waals surface area contributed by atoms with Crippen LogP contribution in [-0.2, 0) is 4.79 Å². The molecule has 4 heteroatoms. The lowest BCUT2D eigenvalue weighted by atomic mass is 10.1. The zero-order chi connectivity index (χ0) is 12.8. The molecule has 0 aliphatic carbocycles. The first-order valence-electron chi connectivity index (χ1n) is 5.37. The van der Waals surface area contributed by atoms with Crippen molar-refractivity contribution in [3.63, 3.8) is 0 Å². The largest absolute Gasteiger partial charge is 0.497 e. The Labute approximate surface area is 102 Å². The van der Waals surface area contributed by atoms with Gasteiger partial charge < -0.3 is 14.8 Å². The minimum absolute atomic E-state index is 0.0587. The van der Waals surface area contributed by atoms with Crippen molar-refractivity contribution in [1.29, 1.82) is 0 Å². The molecule has 1 aromatic rings. The highest BCUT2D eigenvalue weighted by molar-refractivity contribution is 5.93. The van der Waals surface area contributed by atoms with Gasteiger partial charge >= 0.3 is 0 Å². The number of carbonyl (C=O) groups is 1. The summed E-state index contributed by atoms with van der Waals surface area (Å²) in [5, 5.41) is 2.80. The molecule has 0 aromatic heterocycles. The Morgan fingerprint density at radius 1 is 1.24 bits per heavy atom. The predicted octanol–water partition coefficient (Wildman–Crippen LogP) is 2.65. The van der Waals surface area contributed by atoms with E-state index in [0.29, 0.717) is 23.6 Å². The monoisotopic (exact) mass is 236 g/mol. The van der Waals surface area contributed by atoms with E-state index in [2.05, 4.69) is 5.32 Å². The van der Waals surface area contributed by atoms with Gasteiger partial charge in [-0.15, -0.1) is 0 Å². The van der Waals surface area contributed by atoms with Gasteiger partial charge in [-0.25, -0.2) is 0 Å². The maximum Gasteiger partial charge on any atom is 0.225 e. The standard InChI is InChI=1S/C13H18NO3/c1-9(2)7-13(15)14-11-8-10(16-3)5-6-12(11)17-4/h5-6,8H,7H2,1-4H3,(H,14,15). The van der Waals surface area contributed by atoms with E-state index in [1.165, 1.54) is 0 Å². The topological polar surface area (TPSA) is 47.6 Å². The summed E-state index contributed by atoms with van der Waals surface area (Å²) in [4.78, 5) is 11.7. The van der Waals surface area contributed by atoms with Crippen LogP contribution in [0.25, 0.3) is 0 Å². The zero-order valence-electron chi connectivity index (χ0n) is 10.7. The van der Waals surface area contributed by atoms with Gasteiger partial charge in [-0.05, 0) is 18.1 Å². The molecule has 17 heavy (non-hydrogen) atoms. The Bertz CT molecular complexity index is 388. The first-order chi connectivity index (χ1) is 8.06. The summed E-state index contributed by atoms with van der Waals surface area (Å²) in [6, 6.07) is 5.28. The second kappa shape index (κ2) is 6.13. The Balaban J connectivity index is 2.83. The van der Waals surface area contributed by atoms with Crippen molar-refractivity contribution < 1.29 is 14.3 Å². The van der Waals surface area contributed by atoms with Crippen molar-refractivity contribution in [1.82, 2.24) is 0 Å². The number of carbonyl (C=O) groups excluding carboxylic acids is 1. The van der Waals surface area contributed by atoms with Crippen LogP contribution in [0.1, 0.15) is 20.3 Å². The highest BCUT2D eigenvalue weighted by atomic mass is 16.5. The number of methoxy groups -OCH3 is 2. The van der Waals surface area contributed by atoms with Gasteiger partial charge in [0, 0.05) is 12.5 Å². The van der Waals surface area contributed by atoms with Crippen molar-refractivity contribution >= 4 is 11.6 Å². The fourth-order valence-corrected chi connectivity index (χ4v) is 1.43. The maximum absolute atomic E-state index is 11.7. The summed E-state index contributed by atoms with van der Waals surface area (Å²) >= 11 is 0. The van der Waals surface area contributed by atoms with Crippen LogP contribution in [0.3, 0.4) is 0 Å². The molecule has 1 aromatic carbocycles. The van der Waals surface area contributed by atoms with Gasteiger partial charge in [-0.2, -0.15) is 0 Å². The molecule has 0 aliphatic rings. The summed E-state index contributed by atoms with van der Waals surface area (Å²) in [7, 11) is 3.14. The molecule has 1 radical (unpaired) electrons. The number of hydrogen-bond acceptors (Lipinski definition) is 3. The Morgan fingerprint density at radius 2 is 1.94 bits per heavy atom. The summed E-state index contributed by atoms with van der Waals surface area (Å²) < 4.78 is 10.3. The second-order valence-corrected chi connectivity index (χ2v) is 4.00. The van der Waals surface area contributed by atoms with Gasteiger partial charge in [0.15, 0.2) is 0 Å². The molecular formula is C13H18NO3. The van der Waals surface area contributed by atoms with E-state index in [9.17, 15) is 4.79 Å². The number of ether oxygens (including phenoxy) is 2. The molecule has 0 heterocycles. The summed E-state index contributed by atoms with van der Waals surface area (Å²) in [6.45, 7) is 3.84. The third-order valence-corrected chi connectivity index (χ3v) is 2.19. The van der Waals surface area contributed by atoms with Crippen molar-refractivity contribution in [2.45, 2.75) is 20.3 Å². The van der Waals surface area contributed by atoms with Crippen LogP contribution in [0.4, 0.5) is 5.69 Å². The molecular weight excluding hydrogens is 218 g/mol. The van der Waals surface area contributed by atoms with Gasteiger partial charge in [0.1, 0.15) is 11.5 Å². The fraction of sp³-hybridized carbons (Fsp3) is 0.385. The van der Waals surface area contributed by atoms with E-state index in [1.807, 2.05) is 13.8 Å². The van der Waals surface area contributed by atoms with Gasteiger partial charge in [0.25, 0.3) is 0 Å². The van der Waals surface area contributed by atoms with Gasteiger partial charge in [0.2, 0.25) is 5.91 Å². The van der Waals surface area contributed by atoms with E-state index in [4.69, 9.17) is 9.47 Å². The van der Waals surface area contributed by atoms with Crippen LogP contribution in [0, 0.1) is 5.92 Å². The fourth-order valence-electron chi connectivity index (χ4n) is 1.43. The first-order valence-corrected chi connectivity index (χ1v) is 5.37. The molecule has 1 rings (SSSR count). The molecule has 0 bridgehead atoms. The molecule has 1 N–H and O–H groups in total. The molecule has 1 amide bonds. The van der Waals surface area contributed by atoms with E-state index in [0.717, 1.165) is 5.92 Å². The van der Waals surface area contributed by atoms with Crippen molar-refractivity contribution in [2.24, 2.45) is 0 Å².